The fraction of sp³-hybridized carbons (Fsp3) is 0.167. The first-order chi connectivity index (χ1) is 14.9. The van der Waals surface area contributed by atoms with Crippen LogP contribution in [0, 0.1) is 10.1 Å². The smallest absolute Gasteiger partial charge is 0.269 e. The standard InChI is InChI=1S/C24H23N3O4/c1-26(15-14-23(25)29)21-9-5-8-20(18-10-12-19(13-11-18)27(30)31)24(21)22(28)16-17-6-3-2-4-7-17/h2-13H,14-16H2,1H3,(H2,25,29). The number of non-ortho nitro benzene ring substituents is 1. The van der Waals surface area contributed by atoms with Crippen LogP contribution < -0.4 is 10.6 Å². The molecular weight excluding hydrogens is 394 g/mol. The normalized spacial score (nSPS) is 10.5. The van der Waals surface area contributed by atoms with Crippen LogP contribution in [0.15, 0.2) is 72.8 Å². The lowest BCUT2D eigenvalue weighted by atomic mass is 9.92. The summed E-state index contributed by atoms with van der Waals surface area (Å²) in [5.41, 5.74) is 8.73. The lowest BCUT2D eigenvalue weighted by molar-refractivity contribution is -0.384. The quantitative estimate of drug-likeness (QED) is 0.322. The van der Waals surface area contributed by atoms with Crippen molar-refractivity contribution >= 4 is 23.1 Å². The molecule has 1 amide bonds. The van der Waals surface area contributed by atoms with Crippen molar-refractivity contribution in [3.63, 3.8) is 0 Å². The summed E-state index contributed by atoms with van der Waals surface area (Å²) in [5.74, 6) is -0.503. The SMILES string of the molecule is CN(CCC(N)=O)c1cccc(-c2ccc([N+](=O)[O-])cc2)c1C(=O)Cc1ccccc1. The molecule has 3 aromatic rings. The van der Waals surface area contributed by atoms with Gasteiger partial charge < -0.3 is 10.6 Å². The molecule has 0 aliphatic rings. The molecule has 0 radical (unpaired) electrons. The van der Waals surface area contributed by atoms with Gasteiger partial charge in [0.2, 0.25) is 5.91 Å². The van der Waals surface area contributed by atoms with E-state index in [-0.39, 0.29) is 24.3 Å². The van der Waals surface area contributed by atoms with E-state index in [0.717, 1.165) is 5.56 Å². The summed E-state index contributed by atoms with van der Waals surface area (Å²) in [6.45, 7) is 0.366. The molecule has 0 saturated carbocycles. The summed E-state index contributed by atoms with van der Waals surface area (Å²) in [6, 6.07) is 21.0. The third-order valence-corrected chi connectivity index (χ3v) is 5.02. The van der Waals surface area contributed by atoms with Crippen molar-refractivity contribution in [3.8, 4) is 11.1 Å². The van der Waals surface area contributed by atoms with Crippen molar-refractivity contribution < 1.29 is 14.5 Å². The molecule has 0 saturated heterocycles. The van der Waals surface area contributed by atoms with E-state index in [1.165, 1.54) is 12.1 Å². The van der Waals surface area contributed by atoms with Crippen LogP contribution in [0.4, 0.5) is 11.4 Å². The van der Waals surface area contributed by atoms with E-state index in [4.69, 9.17) is 5.73 Å². The minimum atomic E-state index is -0.459. The van der Waals surface area contributed by atoms with Crippen LogP contribution in [0.2, 0.25) is 0 Å². The molecule has 0 atom stereocenters. The highest BCUT2D eigenvalue weighted by Gasteiger charge is 2.21. The molecule has 0 aromatic heterocycles. The Morgan fingerprint density at radius 1 is 0.968 bits per heavy atom. The predicted octanol–water partition coefficient (Wildman–Crippen LogP) is 4.00. The van der Waals surface area contributed by atoms with Crippen LogP contribution in [0.3, 0.4) is 0 Å². The molecule has 7 nitrogen and oxygen atoms in total. The van der Waals surface area contributed by atoms with Gasteiger partial charge in [-0.1, -0.05) is 42.5 Å². The number of nitro benzene ring substituents is 1. The van der Waals surface area contributed by atoms with Gasteiger partial charge in [0.15, 0.2) is 5.78 Å². The summed E-state index contributed by atoms with van der Waals surface area (Å²) >= 11 is 0. The van der Waals surface area contributed by atoms with Crippen LogP contribution in [-0.2, 0) is 11.2 Å². The van der Waals surface area contributed by atoms with Gasteiger partial charge in [-0.2, -0.15) is 0 Å². The van der Waals surface area contributed by atoms with E-state index in [1.54, 1.807) is 19.2 Å². The van der Waals surface area contributed by atoms with Crippen LogP contribution in [0.5, 0.6) is 0 Å². The number of amides is 1. The summed E-state index contributed by atoms with van der Waals surface area (Å²) < 4.78 is 0. The van der Waals surface area contributed by atoms with E-state index < -0.39 is 10.8 Å². The highest BCUT2D eigenvalue weighted by molar-refractivity contribution is 6.08. The Bertz CT molecular complexity index is 1100. The van der Waals surface area contributed by atoms with Crippen molar-refractivity contribution in [1.29, 1.82) is 0 Å². The number of hydrogen-bond acceptors (Lipinski definition) is 5. The Morgan fingerprint density at radius 3 is 2.26 bits per heavy atom. The monoisotopic (exact) mass is 417 g/mol. The average Bonchev–Trinajstić information content (AvgIpc) is 2.77. The maximum absolute atomic E-state index is 13.4. The zero-order chi connectivity index (χ0) is 22.4. The number of ketones is 1. The Balaban J connectivity index is 2.06. The van der Waals surface area contributed by atoms with Crippen molar-refractivity contribution in [2.24, 2.45) is 5.73 Å². The van der Waals surface area contributed by atoms with E-state index >= 15 is 0 Å². The zero-order valence-electron chi connectivity index (χ0n) is 17.2. The number of nitrogens with two attached hydrogens (primary N) is 1. The maximum Gasteiger partial charge on any atom is 0.269 e. The maximum atomic E-state index is 13.4. The summed E-state index contributed by atoms with van der Waals surface area (Å²) in [6.07, 6.45) is 0.367. The number of carbonyl (C=O) groups excluding carboxylic acids is 2. The highest BCUT2D eigenvalue weighted by atomic mass is 16.6. The lowest BCUT2D eigenvalue weighted by Crippen LogP contribution is -2.26. The van der Waals surface area contributed by atoms with Crippen molar-refractivity contribution in [2.45, 2.75) is 12.8 Å². The fourth-order valence-corrected chi connectivity index (χ4v) is 3.42. The van der Waals surface area contributed by atoms with Crippen molar-refractivity contribution in [3.05, 3.63) is 94.0 Å². The second-order valence-electron chi connectivity index (χ2n) is 7.23. The number of nitrogens with zero attached hydrogens (tertiary/aromatic N) is 2. The number of primary amides is 1. The number of anilines is 1. The summed E-state index contributed by atoms with van der Waals surface area (Å²) in [7, 11) is 1.80. The Hall–Kier alpha value is -4.00. The van der Waals surface area contributed by atoms with Gasteiger partial charge in [-0.3, -0.25) is 19.7 Å². The first kappa shape index (κ1) is 21.7. The Kier molecular flexibility index (Phi) is 6.77. The molecule has 0 aliphatic carbocycles. The molecule has 2 N–H and O–H groups in total. The largest absolute Gasteiger partial charge is 0.373 e. The molecule has 0 fully saturated rings. The molecule has 158 valence electrons. The Labute approximate surface area is 180 Å². The predicted molar refractivity (Wildman–Crippen MR) is 120 cm³/mol. The van der Waals surface area contributed by atoms with Gasteiger partial charge in [0, 0.05) is 49.8 Å². The molecule has 0 aliphatic heterocycles. The van der Waals surface area contributed by atoms with Gasteiger partial charge in [0.1, 0.15) is 0 Å². The molecule has 0 bridgehead atoms. The first-order valence-electron chi connectivity index (χ1n) is 9.81. The van der Waals surface area contributed by atoms with Crippen molar-refractivity contribution in [1.82, 2.24) is 0 Å². The topological polar surface area (TPSA) is 107 Å². The average molecular weight is 417 g/mol. The molecule has 0 unspecified atom stereocenters. The molecule has 3 rings (SSSR count). The van der Waals surface area contributed by atoms with Gasteiger partial charge in [-0.05, 0) is 34.9 Å². The van der Waals surface area contributed by atoms with Crippen LogP contribution in [0.1, 0.15) is 22.3 Å². The molecule has 3 aromatic carbocycles. The molecular formula is C24H23N3O4. The molecule has 7 heteroatoms. The first-order valence-corrected chi connectivity index (χ1v) is 9.81. The number of nitro groups is 1. The van der Waals surface area contributed by atoms with Gasteiger partial charge in [0.25, 0.3) is 5.69 Å². The minimum absolute atomic E-state index is 0.0179. The molecule has 0 heterocycles. The van der Waals surface area contributed by atoms with Crippen LogP contribution >= 0.6 is 0 Å². The van der Waals surface area contributed by atoms with Crippen LogP contribution in [-0.4, -0.2) is 30.2 Å². The highest BCUT2D eigenvalue weighted by Crippen LogP contribution is 2.33. The Morgan fingerprint density at radius 2 is 1.65 bits per heavy atom. The van der Waals surface area contributed by atoms with E-state index in [2.05, 4.69) is 0 Å². The third-order valence-electron chi connectivity index (χ3n) is 5.02. The van der Waals surface area contributed by atoms with E-state index in [1.807, 2.05) is 53.4 Å². The fourth-order valence-electron chi connectivity index (χ4n) is 3.42. The summed E-state index contributed by atoms with van der Waals surface area (Å²) in [5, 5.41) is 11.0. The third kappa shape index (κ3) is 5.33. The van der Waals surface area contributed by atoms with Gasteiger partial charge >= 0.3 is 0 Å². The van der Waals surface area contributed by atoms with E-state index in [0.29, 0.717) is 28.9 Å². The number of Topliss-reactive ketones (excluding diaryl/α,β-unsaturated/α-hetero) is 1. The van der Waals surface area contributed by atoms with E-state index in [9.17, 15) is 19.7 Å². The van der Waals surface area contributed by atoms with Gasteiger partial charge in [-0.25, -0.2) is 0 Å². The number of rotatable bonds is 9. The van der Waals surface area contributed by atoms with Gasteiger partial charge in [0.05, 0.1) is 4.92 Å². The number of benzene rings is 3. The van der Waals surface area contributed by atoms with Crippen LogP contribution in [0.25, 0.3) is 11.1 Å². The number of hydrogen-bond donors (Lipinski definition) is 1. The second kappa shape index (κ2) is 9.67. The minimum Gasteiger partial charge on any atom is -0.373 e. The summed E-state index contributed by atoms with van der Waals surface area (Å²) in [4.78, 5) is 37.0. The molecule has 31 heavy (non-hydrogen) atoms. The van der Waals surface area contributed by atoms with Crippen molar-refractivity contribution in [2.75, 3.05) is 18.5 Å². The lowest BCUT2D eigenvalue weighted by Gasteiger charge is -2.23. The number of carbonyl (C=O) groups is 2. The zero-order valence-corrected chi connectivity index (χ0v) is 17.2. The second-order valence-corrected chi connectivity index (χ2v) is 7.23. The van der Waals surface area contributed by atoms with Gasteiger partial charge in [-0.15, -0.1) is 0 Å². The molecule has 0 spiro atoms.